The molecule has 1 saturated carbocycles. The molecule has 0 amide bonds. The number of hydrogen-bond donors (Lipinski definition) is 2. The lowest BCUT2D eigenvalue weighted by atomic mass is 9.75. The lowest BCUT2D eigenvalue weighted by Gasteiger charge is -2.33. The molecular weight excluding hydrogens is 128 g/mol. The molecule has 1 radical (unpaired) electrons. The standard InChI is InChI=1S/C8H15O2/c9-6-8(7-10)4-2-1-3-5-8/h2,9-10H,1,3-7H2. The summed E-state index contributed by atoms with van der Waals surface area (Å²) in [5.41, 5.74) is -0.182. The van der Waals surface area contributed by atoms with Gasteiger partial charge in [0.15, 0.2) is 0 Å². The van der Waals surface area contributed by atoms with Crippen LogP contribution >= 0.6 is 0 Å². The van der Waals surface area contributed by atoms with Crippen molar-refractivity contribution in [3.63, 3.8) is 0 Å². The van der Waals surface area contributed by atoms with Gasteiger partial charge in [0.05, 0.1) is 13.2 Å². The lowest BCUT2D eigenvalue weighted by Crippen LogP contribution is -2.32. The van der Waals surface area contributed by atoms with E-state index < -0.39 is 0 Å². The maximum absolute atomic E-state index is 8.96. The molecule has 0 saturated heterocycles. The Morgan fingerprint density at radius 1 is 1.30 bits per heavy atom. The summed E-state index contributed by atoms with van der Waals surface area (Å²) in [7, 11) is 0. The van der Waals surface area contributed by atoms with E-state index >= 15 is 0 Å². The van der Waals surface area contributed by atoms with Gasteiger partial charge in [-0.25, -0.2) is 0 Å². The highest BCUT2D eigenvalue weighted by Crippen LogP contribution is 2.34. The second-order valence-corrected chi connectivity index (χ2v) is 3.20. The Morgan fingerprint density at radius 2 is 2.00 bits per heavy atom. The zero-order chi connectivity index (χ0) is 7.45. The smallest absolute Gasteiger partial charge is 0.0509 e. The van der Waals surface area contributed by atoms with E-state index in [9.17, 15) is 0 Å². The zero-order valence-electron chi connectivity index (χ0n) is 6.21. The van der Waals surface area contributed by atoms with E-state index in [-0.39, 0.29) is 18.6 Å². The maximum atomic E-state index is 8.96. The van der Waals surface area contributed by atoms with Gasteiger partial charge in [0.25, 0.3) is 0 Å². The van der Waals surface area contributed by atoms with Crippen molar-refractivity contribution in [2.45, 2.75) is 25.7 Å². The van der Waals surface area contributed by atoms with Crippen molar-refractivity contribution in [3.05, 3.63) is 6.42 Å². The molecule has 1 aliphatic rings. The number of rotatable bonds is 2. The van der Waals surface area contributed by atoms with Crippen molar-refractivity contribution in [2.24, 2.45) is 5.41 Å². The number of aliphatic hydroxyl groups is 2. The Balaban J connectivity index is 2.44. The Bertz CT molecular complexity index is 89.4. The number of aliphatic hydroxyl groups excluding tert-OH is 2. The van der Waals surface area contributed by atoms with Gasteiger partial charge in [-0.1, -0.05) is 12.8 Å². The third kappa shape index (κ3) is 1.50. The van der Waals surface area contributed by atoms with Gasteiger partial charge >= 0.3 is 0 Å². The molecule has 0 bridgehead atoms. The van der Waals surface area contributed by atoms with Crippen LogP contribution in [-0.4, -0.2) is 23.4 Å². The molecule has 0 spiro atoms. The van der Waals surface area contributed by atoms with Crippen molar-refractivity contribution in [2.75, 3.05) is 13.2 Å². The minimum Gasteiger partial charge on any atom is -0.396 e. The van der Waals surface area contributed by atoms with E-state index in [4.69, 9.17) is 10.2 Å². The second-order valence-electron chi connectivity index (χ2n) is 3.20. The highest BCUT2D eigenvalue weighted by molar-refractivity contribution is 4.88. The van der Waals surface area contributed by atoms with Crippen molar-refractivity contribution in [3.8, 4) is 0 Å². The first-order chi connectivity index (χ1) is 4.83. The molecule has 1 fully saturated rings. The Hall–Kier alpha value is -0.0800. The SMILES string of the molecule is OCC1(CO)C[CH]CCC1. The predicted octanol–water partition coefficient (Wildman–Crippen LogP) is 0.736. The van der Waals surface area contributed by atoms with Gasteiger partial charge in [-0.2, -0.15) is 0 Å². The third-order valence-corrected chi connectivity index (χ3v) is 2.36. The molecule has 2 N–H and O–H groups in total. The van der Waals surface area contributed by atoms with E-state index in [1.54, 1.807) is 0 Å². The molecule has 0 aromatic carbocycles. The maximum Gasteiger partial charge on any atom is 0.0509 e. The average molecular weight is 143 g/mol. The highest BCUT2D eigenvalue weighted by Gasteiger charge is 2.30. The third-order valence-electron chi connectivity index (χ3n) is 2.36. The Morgan fingerprint density at radius 3 is 2.30 bits per heavy atom. The van der Waals surface area contributed by atoms with Crippen LogP contribution in [0.15, 0.2) is 0 Å². The van der Waals surface area contributed by atoms with Gasteiger partial charge < -0.3 is 10.2 Å². The van der Waals surface area contributed by atoms with E-state index in [1.165, 1.54) is 0 Å². The van der Waals surface area contributed by atoms with Gasteiger partial charge in [0, 0.05) is 5.41 Å². The summed E-state index contributed by atoms with van der Waals surface area (Å²) < 4.78 is 0. The summed E-state index contributed by atoms with van der Waals surface area (Å²) in [4.78, 5) is 0. The molecule has 10 heavy (non-hydrogen) atoms. The first kappa shape index (κ1) is 8.02. The van der Waals surface area contributed by atoms with Gasteiger partial charge in [-0.15, -0.1) is 0 Å². The predicted molar refractivity (Wildman–Crippen MR) is 39.4 cm³/mol. The summed E-state index contributed by atoms with van der Waals surface area (Å²) in [6.45, 7) is 0.250. The molecule has 0 aromatic heterocycles. The van der Waals surface area contributed by atoms with Crippen LogP contribution in [0.25, 0.3) is 0 Å². The molecule has 2 nitrogen and oxygen atoms in total. The van der Waals surface area contributed by atoms with Crippen LogP contribution in [0.1, 0.15) is 25.7 Å². The molecule has 0 atom stereocenters. The molecule has 0 aromatic rings. The fourth-order valence-electron chi connectivity index (χ4n) is 1.47. The Kier molecular flexibility index (Phi) is 2.69. The molecule has 59 valence electrons. The van der Waals surface area contributed by atoms with Crippen LogP contribution in [0.2, 0.25) is 0 Å². The summed E-state index contributed by atoms with van der Waals surface area (Å²) in [5.74, 6) is 0. The van der Waals surface area contributed by atoms with E-state index in [0.717, 1.165) is 25.7 Å². The molecular formula is C8H15O2. The van der Waals surface area contributed by atoms with Crippen LogP contribution in [0.4, 0.5) is 0 Å². The van der Waals surface area contributed by atoms with Crippen LogP contribution in [0, 0.1) is 11.8 Å². The first-order valence-electron chi connectivity index (χ1n) is 3.86. The molecule has 0 aliphatic heterocycles. The molecule has 0 heterocycles. The van der Waals surface area contributed by atoms with Crippen molar-refractivity contribution in [1.82, 2.24) is 0 Å². The minimum atomic E-state index is -0.182. The van der Waals surface area contributed by atoms with Crippen molar-refractivity contribution < 1.29 is 10.2 Å². The monoisotopic (exact) mass is 143 g/mol. The summed E-state index contributed by atoms with van der Waals surface area (Å²) in [6.07, 6.45) is 6.26. The zero-order valence-corrected chi connectivity index (χ0v) is 6.21. The number of hydrogen-bond acceptors (Lipinski definition) is 2. The fourth-order valence-corrected chi connectivity index (χ4v) is 1.47. The van der Waals surface area contributed by atoms with Gasteiger partial charge in [-0.05, 0) is 19.3 Å². The first-order valence-corrected chi connectivity index (χ1v) is 3.86. The van der Waals surface area contributed by atoms with Crippen LogP contribution in [-0.2, 0) is 0 Å². The van der Waals surface area contributed by atoms with Crippen LogP contribution < -0.4 is 0 Å². The van der Waals surface area contributed by atoms with Gasteiger partial charge in [-0.3, -0.25) is 0 Å². The van der Waals surface area contributed by atoms with E-state index in [0.29, 0.717) is 0 Å². The topological polar surface area (TPSA) is 40.5 Å². The fraction of sp³-hybridized carbons (Fsp3) is 0.875. The van der Waals surface area contributed by atoms with Crippen LogP contribution in [0.5, 0.6) is 0 Å². The lowest BCUT2D eigenvalue weighted by molar-refractivity contribution is 0.0357. The molecule has 2 heteroatoms. The summed E-state index contributed by atoms with van der Waals surface area (Å²) >= 11 is 0. The molecule has 0 unspecified atom stereocenters. The normalized spacial score (nSPS) is 24.6. The van der Waals surface area contributed by atoms with Crippen molar-refractivity contribution >= 4 is 0 Å². The van der Waals surface area contributed by atoms with Gasteiger partial charge in [0.1, 0.15) is 0 Å². The van der Waals surface area contributed by atoms with E-state index in [1.807, 2.05) is 0 Å². The van der Waals surface area contributed by atoms with E-state index in [2.05, 4.69) is 6.42 Å². The molecule has 1 rings (SSSR count). The summed E-state index contributed by atoms with van der Waals surface area (Å²) in [6, 6.07) is 0. The highest BCUT2D eigenvalue weighted by atomic mass is 16.3. The van der Waals surface area contributed by atoms with Crippen LogP contribution in [0.3, 0.4) is 0 Å². The minimum absolute atomic E-state index is 0.125. The average Bonchev–Trinajstić information content (AvgIpc) is 2.06. The largest absolute Gasteiger partial charge is 0.396 e. The Labute approximate surface area is 61.9 Å². The quantitative estimate of drug-likeness (QED) is 0.598. The molecule has 1 aliphatic carbocycles. The summed E-state index contributed by atoms with van der Waals surface area (Å²) in [5, 5.41) is 17.9. The van der Waals surface area contributed by atoms with Crippen molar-refractivity contribution in [1.29, 1.82) is 0 Å². The second kappa shape index (κ2) is 3.35. The van der Waals surface area contributed by atoms with Gasteiger partial charge in [0.2, 0.25) is 0 Å².